The maximum absolute atomic E-state index is 12.1. The van der Waals surface area contributed by atoms with E-state index in [0.29, 0.717) is 18.4 Å². The predicted octanol–water partition coefficient (Wildman–Crippen LogP) is 1.60. The lowest BCUT2D eigenvalue weighted by molar-refractivity contribution is -0.145. The Bertz CT molecular complexity index is 563. The van der Waals surface area contributed by atoms with Gasteiger partial charge in [-0.1, -0.05) is 0 Å². The molecule has 0 aromatic heterocycles. The fourth-order valence-corrected chi connectivity index (χ4v) is 2.77. The van der Waals surface area contributed by atoms with Crippen LogP contribution >= 0.6 is 0 Å². The van der Waals surface area contributed by atoms with E-state index in [1.807, 2.05) is 19.1 Å². The smallest absolute Gasteiger partial charge is 0.306 e. The number of nitrogens with one attached hydrogen (secondary N) is 1. The Balaban J connectivity index is 1.61. The van der Waals surface area contributed by atoms with Crippen LogP contribution in [-0.4, -0.2) is 29.1 Å². The van der Waals surface area contributed by atoms with Gasteiger partial charge in [-0.3, -0.25) is 9.59 Å². The van der Waals surface area contributed by atoms with Crippen molar-refractivity contribution in [2.24, 2.45) is 5.92 Å². The third-order valence-corrected chi connectivity index (χ3v) is 3.98. The van der Waals surface area contributed by atoms with Crippen molar-refractivity contribution in [2.75, 3.05) is 0 Å². The molecule has 1 unspecified atom stereocenters. The van der Waals surface area contributed by atoms with Gasteiger partial charge in [-0.25, -0.2) is 0 Å². The van der Waals surface area contributed by atoms with Crippen LogP contribution in [0.1, 0.15) is 35.7 Å². The van der Waals surface area contributed by atoms with Crippen LogP contribution in [0.5, 0.6) is 5.75 Å². The molecule has 1 aliphatic heterocycles. The second-order valence-electron chi connectivity index (χ2n) is 5.63. The molecule has 1 atom stereocenters. The molecule has 20 heavy (non-hydrogen) atoms. The number of aliphatic carboxylic acids is 1. The van der Waals surface area contributed by atoms with Gasteiger partial charge in [-0.05, 0) is 43.5 Å². The van der Waals surface area contributed by atoms with Gasteiger partial charge in [0.05, 0.1) is 5.92 Å². The maximum Gasteiger partial charge on any atom is 0.306 e. The Morgan fingerprint density at radius 1 is 1.35 bits per heavy atom. The molecule has 1 heterocycles. The van der Waals surface area contributed by atoms with E-state index < -0.39 is 5.97 Å². The number of hydrogen-bond acceptors (Lipinski definition) is 3. The summed E-state index contributed by atoms with van der Waals surface area (Å²) in [6.45, 7) is 2.00. The van der Waals surface area contributed by atoms with Gasteiger partial charge in [0.25, 0.3) is 5.91 Å². The van der Waals surface area contributed by atoms with Crippen LogP contribution in [0.15, 0.2) is 18.2 Å². The molecular formula is C15H17NO4. The van der Waals surface area contributed by atoms with E-state index >= 15 is 0 Å². The fourth-order valence-electron chi connectivity index (χ4n) is 2.77. The molecule has 5 nitrogen and oxygen atoms in total. The number of amides is 1. The van der Waals surface area contributed by atoms with E-state index in [0.717, 1.165) is 17.7 Å². The topological polar surface area (TPSA) is 75.6 Å². The minimum atomic E-state index is -0.779. The highest BCUT2D eigenvalue weighted by Gasteiger charge is 2.35. The highest BCUT2D eigenvalue weighted by molar-refractivity contribution is 5.95. The van der Waals surface area contributed by atoms with Gasteiger partial charge >= 0.3 is 5.97 Å². The van der Waals surface area contributed by atoms with Gasteiger partial charge < -0.3 is 15.2 Å². The van der Waals surface area contributed by atoms with Crippen molar-refractivity contribution in [1.29, 1.82) is 0 Å². The molecular weight excluding hydrogens is 258 g/mol. The van der Waals surface area contributed by atoms with Gasteiger partial charge in [0.2, 0.25) is 0 Å². The zero-order valence-electron chi connectivity index (χ0n) is 11.3. The van der Waals surface area contributed by atoms with Crippen LogP contribution in [0.4, 0.5) is 0 Å². The first kappa shape index (κ1) is 13.0. The summed E-state index contributed by atoms with van der Waals surface area (Å²) in [6.07, 6.45) is 2.02. The molecule has 0 radical (unpaired) electrons. The Kier molecular flexibility index (Phi) is 3.12. The van der Waals surface area contributed by atoms with Gasteiger partial charge in [0.1, 0.15) is 11.9 Å². The molecule has 106 valence electrons. The van der Waals surface area contributed by atoms with Crippen molar-refractivity contribution in [3.8, 4) is 5.75 Å². The molecule has 1 amide bonds. The first-order valence-electron chi connectivity index (χ1n) is 6.86. The number of benzene rings is 1. The van der Waals surface area contributed by atoms with E-state index in [4.69, 9.17) is 9.84 Å². The summed E-state index contributed by atoms with van der Waals surface area (Å²) in [4.78, 5) is 22.8. The minimum Gasteiger partial charge on any atom is -0.490 e. The second-order valence-corrected chi connectivity index (χ2v) is 5.63. The van der Waals surface area contributed by atoms with E-state index in [-0.39, 0.29) is 24.0 Å². The standard InChI is InChI=1S/C15H17NO4/c1-8-4-10-5-9(2-3-13(10)20-8)14(17)16-12-6-11(7-12)15(18)19/h2-3,5,8,11-12H,4,6-7H2,1H3,(H,16,17)(H,18,19). The molecule has 0 bridgehead atoms. The molecule has 1 aromatic carbocycles. The van der Waals surface area contributed by atoms with Crippen molar-refractivity contribution in [3.63, 3.8) is 0 Å². The van der Waals surface area contributed by atoms with Crippen LogP contribution in [-0.2, 0) is 11.2 Å². The van der Waals surface area contributed by atoms with Crippen LogP contribution in [0, 0.1) is 5.92 Å². The van der Waals surface area contributed by atoms with Crippen molar-refractivity contribution in [3.05, 3.63) is 29.3 Å². The average molecular weight is 275 g/mol. The highest BCUT2D eigenvalue weighted by atomic mass is 16.5. The van der Waals surface area contributed by atoms with Crippen molar-refractivity contribution < 1.29 is 19.4 Å². The largest absolute Gasteiger partial charge is 0.490 e. The zero-order valence-corrected chi connectivity index (χ0v) is 11.3. The molecule has 1 saturated carbocycles. The van der Waals surface area contributed by atoms with Crippen LogP contribution in [0.3, 0.4) is 0 Å². The summed E-state index contributed by atoms with van der Waals surface area (Å²) in [7, 11) is 0. The van der Waals surface area contributed by atoms with E-state index in [1.165, 1.54) is 0 Å². The molecule has 3 rings (SSSR count). The van der Waals surface area contributed by atoms with Crippen LogP contribution in [0.25, 0.3) is 0 Å². The lowest BCUT2D eigenvalue weighted by Gasteiger charge is -2.32. The number of carbonyl (C=O) groups is 2. The monoisotopic (exact) mass is 275 g/mol. The quantitative estimate of drug-likeness (QED) is 0.878. The summed E-state index contributed by atoms with van der Waals surface area (Å²) in [5, 5.41) is 11.7. The maximum atomic E-state index is 12.1. The minimum absolute atomic E-state index is 0.0213. The lowest BCUT2D eigenvalue weighted by atomic mass is 9.80. The van der Waals surface area contributed by atoms with Crippen LogP contribution < -0.4 is 10.1 Å². The molecule has 1 aromatic rings. The fraction of sp³-hybridized carbons (Fsp3) is 0.467. The summed E-state index contributed by atoms with van der Waals surface area (Å²) in [5.41, 5.74) is 1.67. The number of ether oxygens (including phenoxy) is 1. The Morgan fingerprint density at radius 3 is 2.80 bits per heavy atom. The Morgan fingerprint density at radius 2 is 2.10 bits per heavy atom. The molecule has 2 aliphatic rings. The zero-order chi connectivity index (χ0) is 14.3. The Labute approximate surface area is 116 Å². The molecule has 5 heteroatoms. The third kappa shape index (κ3) is 2.35. The van der Waals surface area contributed by atoms with Gasteiger partial charge in [0, 0.05) is 18.0 Å². The summed E-state index contributed by atoms with van der Waals surface area (Å²) in [5.74, 6) is -0.376. The number of hydrogen-bond donors (Lipinski definition) is 2. The van der Waals surface area contributed by atoms with Gasteiger partial charge in [0.15, 0.2) is 0 Å². The normalized spacial score (nSPS) is 27.1. The van der Waals surface area contributed by atoms with E-state index in [9.17, 15) is 9.59 Å². The van der Waals surface area contributed by atoms with Crippen molar-refractivity contribution in [2.45, 2.75) is 38.3 Å². The first-order chi connectivity index (χ1) is 9.52. The average Bonchev–Trinajstić information content (AvgIpc) is 2.71. The SMILES string of the molecule is CC1Cc2cc(C(=O)NC3CC(C(=O)O)C3)ccc2O1. The molecule has 0 spiro atoms. The van der Waals surface area contributed by atoms with Crippen molar-refractivity contribution in [1.82, 2.24) is 5.32 Å². The molecule has 0 saturated heterocycles. The molecule has 1 fully saturated rings. The number of carboxylic acids is 1. The molecule has 1 aliphatic carbocycles. The highest BCUT2D eigenvalue weighted by Crippen LogP contribution is 2.30. The van der Waals surface area contributed by atoms with E-state index in [1.54, 1.807) is 6.07 Å². The number of carbonyl (C=O) groups excluding carboxylic acids is 1. The number of rotatable bonds is 3. The van der Waals surface area contributed by atoms with Crippen molar-refractivity contribution >= 4 is 11.9 Å². The van der Waals surface area contributed by atoms with Gasteiger partial charge in [-0.15, -0.1) is 0 Å². The number of fused-ring (bicyclic) bond motifs is 1. The summed E-state index contributed by atoms with van der Waals surface area (Å²) < 4.78 is 5.60. The predicted molar refractivity (Wildman–Crippen MR) is 71.9 cm³/mol. The summed E-state index contributed by atoms with van der Waals surface area (Å²) >= 11 is 0. The molecule has 2 N–H and O–H groups in total. The second kappa shape index (κ2) is 4.81. The van der Waals surface area contributed by atoms with E-state index in [2.05, 4.69) is 5.32 Å². The van der Waals surface area contributed by atoms with Crippen LogP contribution in [0.2, 0.25) is 0 Å². The lowest BCUT2D eigenvalue weighted by Crippen LogP contribution is -2.46. The Hall–Kier alpha value is -2.04. The van der Waals surface area contributed by atoms with Gasteiger partial charge in [-0.2, -0.15) is 0 Å². The third-order valence-electron chi connectivity index (χ3n) is 3.98. The summed E-state index contributed by atoms with van der Waals surface area (Å²) in [6, 6.07) is 5.42. The number of carboxylic acid groups (broad SMARTS) is 1. The first-order valence-corrected chi connectivity index (χ1v) is 6.86.